The zero-order chi connectivity index (χ0) is 14.5. The number of likely N-dealkylation sites (N-methyl/N-ethyl adjacent to an activating group) is 1. The first-order valence-corrected chi connectivity index (χ1v) is 7.17. The standard InChI is InChI=1S/C16H17Cl2NO/c1-19(10-12-7-8-14(17)15(18)9-12)11-16(20)13-5-3-2-4-6-13/h2-9,16,20H,10-11H2,1H3. The first-order valence-electron chi connectivity index (χ1n) is 6.42. The van der Waals surface area contributed by atoms with Crippen LogP contribution in [0.3, 0.4) is 0 Å². The Morgan fingerprint density at radius 2 is 1.75 bits per heavy atom. The number of aliphatic hydroxyl groups is 1. The van der Waals surface area contributed by atoms with E-state index in [1.807, 2.05) is 49.5 Å². The second-order valence-corrected chi connectivity index (χ2v) is 5.69. The normalized spacial score (nSPS) is 12.7. The van der Waals surface area contributed by atoms with Crippen LogP contribution in [0, 0.1) is 0 Å². The minimum absolute atomic E-state index is 0.496. The van der Waals surface area contributed by atoms with Gasteiger partial charge in [-0.1, -0.05) is 59.6 Å². The van der Waals surface area contributed by atoms with Crippen LogP contribution in [0.1, 0.15) is 17.2 Å². The van der Waals surface area contributed by atoms with E-state index in [0.29, 0.717) is 23.1 Å². The monoisotopic (exact) mass is 309 g/mol. The third kappa shape index (κ3) is 4.22. The highest BCUT2D eigenvalue weighted by Gasteiger charge is 2.11. The zero-order valence-electron chi connectivity index (χ0n) is 11.3. The summed E-state index contributed by atoms with van der Waals surface area (Å²) in [6, 6.07) is 15.2. The van der Waals surface area contributed by atoms with Crippen LogP contribution in [-0.4, -0.2) is 23.6 Å². The molecule has 20 heavy (non-hydrogen) atoms. The van der Waals surface area contributed by atoms with Gasteiger partial charge in [-0.3, -0.25) is 4.90 Å². The number of hydrogen-bond donors (Lipinski definition) is 1. The fraction of sp³-hybridized carbons (Fsp3) is 0.250. The Morgan fingerprint density at radius 1 is 1.05 bits per heavy atom. The topological polar surface area (TPSA) is 23.5 Å². The van der Waals surface area contributed by atoms with E-state index in [1.165, 1.54) is 0 Å². The minimum Gasteiger partial charge on any atom is -0.387 e. The smallest absolute Gasteiger partial charge is 0.0916 e. The summed E-state index contributed by atoms with van der Waals surface area (Å²) >= 11 is 11.9. The van der Waals surface area contributed by atoms with E-state index in [4.69, 9.17) is 23.2 Å². The molecule has 0 bridgehead atoms. The third-order valence-electron chi connectivity index (χ3n) is 3.11. The Kier molecular flexibility index (Phi) is 5.44. The molecule has 0 radical (unpaired) electrons. The number of nitrogens with zero attached hydrogens (tertiary/aromatic N) is 1. The highest BCUT2D eigenvalue weighted by Crippen LogP contribution is 2.23. The van der Waals surface area contributed by atoms with Gasteiger partial charge in [-0.15, -0.1) is 0 Å². The molecule has 2 rings (SSSR count). The summed E-state index contributed by atoms with van der Waals surface area (Å²) in [5.41, 5.74) is 2.00. The predicted molar refractivity (Wildman–Crippen MR) is 84.2 cm³/mol. The molecule has 1 unspecified atom stereocenters. The summed E-state index contributed by atoms with van der Waals surface area (Å²) in [6.45, 7) is 1.27. The van der Waals surface area contributed by atoms with Crippen LogP contribution in [0.4, 0.5) is 0 Å². The number of benzene rings is 2. The van der Waals surface area contributed by atoms with Gasteiger partial charge in [-0.25, -0.2) is 0 Å². The zero-order valence-corrected chi connectivity index (χ0v) is 12.8. The Bertz CT molecular complexity index is 560. The molecule has 1 N–H and O–H groups in total. The van der Waals surface area contributed by atoms with E-state index in [2.05, 4.69) is 4.90 Å². The van der Waals surface area contributed by atoms with Gasteiger partial charge in [-0.2, -0.15) is 0 Å². The van der Waals surface area contributed by atoms with Gasteiger partial charge in [0, 0.05) is 13.1 Å². The van der Waals surface area contributed by atoms with Crippen molar-refractivity contribution < 1.29 is 5.11 Å². The highest BCUT2D eigenvalue weighted by molar-refractivity contribution is 6.42. The van der Waals surface area contributed by atoms with E-state index in [-0.39, 0.29) is 0 Å². The maximum atomic E-state index is 10.2. The van der Waals surface area contributed by atoms with E-state index >= 15 is 0 Å². The largest absolute Gasteiger partial charge is 0.387 e. The van der Waals surface area contributed by atoms with Crippen molar-refractivity contribution in [3.05, 3.63) is 69.7 Å². The van der Waals surface area contributed by atoms with Crippen molar-refractivity contribution in [2.45, 2.75) is 12.6 Å². The molecule has 0 spiro atoms. The molecule has 0 aliphatic heterocycles. The maximum absolute atomic E-state index is 10.2. The Labute approximate surface area is 129 Å². The van der Waals surface area contributed by atoms with Crippen molar-refractivity contribution in [2.75, 3.05) is 13.6 Å². The van der Waals surface area contributed by atoms with Crippen molar-refractivity contribution in [3.63, 3.8) is 0 Å². The van der Waals surface area contributed by atoms with Crippen LogP contribution in [0.2, 0.25) is 10.0 Å². The van der Waals surface area contributed by atoms with Crippen molar-refractivity contribution in [1.82, 2.24) is 4.90 Å². The van der Waals surface area contributed by atoms with Crippen LogP contribution in [-0.2, 0) is 6.54 Å². The van der Waals surface area contributed by atoms with Gasteiger partial charge < -0.3 is 5.11 Å². The number of aliphatic hydroxyl groups excluding tert-OH is 1. The molecule has 2 aromatic rings. The lowest BCUT2D eigenvalue weighted by atomic mass is 10.1. The fourth-order valence-corrected chi connectivity index (χ4v) is 2.41. The average Bonchev–Trinajstić information content (AvgIpc) is 2.44. The molecule has 0 amide bonds. The van der Waals surface area contributed by atoms with Crippen LogP contribution in [0.5, 0.6) is 0 Å². The van der Waals surface area contributed by atoms with E-state index in [9.17, 15) is 5.11 Å². The molecule has 0 aliphatic carbocycles. The van der Waals surface area contributed by atoms with E-state index < -0.39 is 6.10 Å². The molecule has 2 nitrogen and oxygen atoms in total. The lowest BCUT2D eigenvalue weighted by Crippen LogP contribution is -2.24. The van der Waals surface area contributed by atoms with Gasteiger partial charge in [0.15, 0.2) is 0 Å². The van der Waals surface area contributed by atoms with Gasteiger partial charge in [-0.05, 0) is 30.3 Å². The fourth-order valence-electron chi connectivity index (χ4n) is 2.09. The van der Waals surface area contributed by atoms with Gasteiger partial charge in [0.05, 0.1) is 16.1 Å². The Hall–Kier alpha value is -1.06. The van der Waals surface area contributed by atoms with Crippen LogP contribution < -0.4 is 0 Å². The number of halogens is 2. The molecule has 0 saturated carbocycles. The highest BCUT2D eigenvalue weighted by atomic mass is 35.5. The first-order chi connectivity index (χ1) is 9.56. The van der Waals surface area contributed by atoms with Crippen LogP contribution >= 0.6 is 23.2 Å². The summed E-state index contributed by atoms with van der Waals surface area (Å²) < 4.78 is 0. The second-order valence-electron chi connectivity index (χ2n) is 4.87. The molecule has 0 fully saturated rings. The quantitative estimate of drug-likeness (QED) is 0.896. The Balaban J connectivity index is 1.95. The molecule has 1 atom stereocenters. The molecule has 106 valence electrons. The van der Waals surface area contributed by atoms with Gasteiger partial charge >= 0.3 is 0 Å². The molecular formula is C16H17Cl2NO. The SMILES string of the molecule is CN(Cc1ccc(Cl)c(Cl)c1)CC(O)c1ccccc1. The summed E-state index contributed by atoms with van der Waals surface area (Å²) in [4.78, 5) is 2.05. The molecule has 0 aliphatic rings. The third-order valence-corrected chi connectivity index (χ3v) is 3.84. The van der Waals surface area contributed by atoms with Crippen molar-refractivity contribution in [3.8, 4) is 0 Å². The van der Waals surface area contributed by atoms with Crippen molar-refractivity contribution in [1.29, 1.82) is 0 Å². The van der Waals surface area contributed by atoms with Gasteiger partial charge in [0.2, 0.25) is 0 Å². The summed E-state index contributed by atoms with van der Waals surface area (Å²) in [6.07, 6.45) is -0.496. The number of hydrogen-bond acceptors (Lipinski definition) is 2. The summed E-state index contributed by atoms with van der Waals surface area (Å²) in [7, 11) is 1.97. The molecule has 0 saturated heterocycles. The molecule has 2 aromatic carbocycles. The lowest BCUT2D eigenvalue weighted by molar-refractivity contribution is 0.124. The van der Waals surface area contributed by atoms with Crippen LogP contribution in [0.15, 0.2) is 48.5 Å². The predicted octanol–water partition coefficient (Wildman–Crippen LogP) is 4.16. The summed E-state index contributed by atoms with van der Waals surface area (Å²) in [5.74, 6) is 0. The minimum atomic E-state index is -0.496. The molecule has 0 heterocycles. The lowest BCUT2D eigenvalue weighted by Gasteiger charge is -2.21. The van der Waals surface area contributed by atoms with Crippen molar-refractivity contribution >= 4 is 23.2 Å². The maximum Gasteiger partial charge on any atom is 0.0916 e. The Morgan fingerprint density at radius 3 is 2.40 bits per heavy atom. The molecular weight excluding hydrogens is 293 g/mol. The molecule has 0 aromatic heterocycles. The second kappa shape index (κ2) is 7.09. The van der Waals surface area contributed by atoms with Crippen LogP contribution in [0.25, 0.3) is 0 Å². The molecule has 4 heteroatoms. The van der Waals surface area contributed by atoms with Crippen molar-refractivity contribution in [2.24, 2.45) is 0 Å². The first kappa shape index (κ1) is 15.3. The average molecular weight is 310 g/mol. The summed E-state index contributed by atoms with van der Waals surface area (Å²) in [5, 5.41) is 11.3. The van der Waals surface area contributed by atoms with E-state index in [0.717, 1.165) is 11.1 Å². The van der Waals surface area contributed by atoms with Gasteiger partial charge in [0.1, 0.15) is 0 Å². The van der Waals surface area contributed by atoms with Gasteiger partial charge in [0.25, 0.3) is 0 Å². The number of rotatable bonds is 5. The van der Waals surface area contributed by atoms with E-state index in [1.54, 1.807) is 6.07 Å².